The van der Waals surface area contributed by atoms with Crippen LogP contribution in [0.4, 0.5) is 4.39 Å². The fourth-order valence-corrected chi connectivity index (χ4v) is 2.05. The van der Waals surface area contributed by atoms with Gasteiger partial charge in [-0.15, -0.1) is 0 Å². The lowest BCUT2D eigenvalue weighted by Gasteiger charge is -2.16. The van der Waals surface area contributed by atoms with Gasteiger partial charge in [0.1, 0.15) is 17.7 Å². The zero-order valence-electron chi connectivity index (χ0n) is 12.5. The van der Waals surface area contributed by atoms with Crippen molar-refractivity contribution in [3.63, 3.8) is 0 Å². The first kappa shape index (κ1) is 15.0. The summed E-state index contributed by atoms with van der Waals surface area (Å²) in [5.41, 5.74) is 0.0316. The van der Waals surface area contributed by atoms with Crippen molar-refractivity contribution in [2.75, 3.05) is 0 Å². The molecule has 0 saturated heterocycles. The predicted octanol–water partition coefficient (Wildman–Crippen LogP) is 2.17. The number of aryl methyl sites for hydroxylation is 1. The molecule has 0 fully saturated rings. The van der Waals surface area contributed by atoms with Gasteiger partial charge >= 0.3 is 5.69 Å². The Kier molecular flexibility index (Phi) is 3.69. The van der Waals surface area contributed by atoms with Crippen LogP contribution in [0.5, 0.6) is 0 Å². The first-order valence-electron chi connectivity index (χ1n) is 6.59. The summed E-state index contributed by atoms with van der Waals surface area (Å²) in [6.07, 6.45) is 0. The third kappa shape index (κ3) is 2.87. The van der Waals surface area contributed by atoms with Crippen LogP contribution in [0.3, 0.4) is 0 Å². The molecule has 0 aliphatic carbocycles. The lowest BCUT2D eigenvalue weighted by Crippen LogP contribution is -2.35. The third-order valence-corrected chi connectivity index (χ3v) is 3.17. The molecule has 0 amide bonds. The summed E-state index contributed by atoms with van der Waals surface area (Å²) in [4.78, 5) is 12.4. The number of nitrogens with zero attached hydrogens (tertiary/aromatic N) is 4. The number of hydrogen-bond donors (Lipinski definition) is 0. The smallest absolute Gasteiger partial charge is 0.275 e. The Morgan fingerprint density at radius 1 is 1.38 bits per heavy atom. The summed E-state index contributed by atoms with van der Waals surface area (Å²) in [7, 11) is 0. The molecule has 0 aliphatic heterocycles. The van der Waals surface area contributed by atoms with Gasteiger partial charge in [-0.1, -0.05) is 6.07 Å². The maximum absolute atomic E-state index is 13.3. The lowest BCUT2D eigenvalue weighted by atomic mass is 10.1. The Bertz CT molecular complexity index is 774. The molecular formula is C15H17FN4O. The molecular weight excluding hydrogens is 271 g/mol. The molecule has 1 heterocycles. The molecule has 110 valence electrons. The Balaban J connectivity index is 2.44. The molecule has 2 aromatic rings. The summed E-state index contributed by atoms with van der Waals surface area (Å²) in [6, 6.07) is 6.06. The summed E-state index contributed by atoms with van der Waals surface area (Å²) < 4.78 is 16.3. The number of benzene rings is 1. The van der Waals surface area contributed by atoms with Gasteiger partial charge in [0.05, 0.1) is 17.6 Å². The zero-order valence-corrected chi connectivity index (χ0v) is 12.5. The van der Waals surface area contributed by atoms with E-state index in [4.69, 9.17) is 5.26 Å². The second-order valence-electron chi connectivity index (χ2n) is 5.92. The van der Waals surface area contributed by atoms with Crippen LogP contribution in [0.15, 0.2) is 23.0 Å². The fraction of sp³-hybridized carbons (Fsp3) is 0.400. The molecule has 1 aromatic carbocycles. The van der Waals surface area contributed by atoms with E-state index in [9.17, 15) is 9.18 Å². The predicted molar refractivity (Wildman–Crippen MR) is 76.4 cm³/mol. The molecule has 0 radical (unpaired) electrons. The van der Waals surface area contributed by atoms with E-state index in [0.29, 0.717) is 11.4 Å². The van der Waals surface area contributed by atoms with Crippen LogP contribution in [0, 0.1) is 24.1 Å². The van der Waals surface area contributed by atoms with Crippen molar-refractivity contribution in [1.29, 1.82) is 5.26 Å². The van der Waals surface area contributed by atoms with Crippen molar-refractivity contribution < 1.29 is 4.39 Å². The van der Waals surface area contributed by atoms with Gasteiger partial charge in [-0.25, -0.2) is 13.9 Å². The molecule has 2 rings (SSSR count). The van der Waals surface area contributed by atoms with Crippen molar-refractivity contribution in [1.82, 2.24) is 14.3 Å². The van der Waals surface area contributed by atoms with Gasteiger partial charge in [0.25, 0.3) is 0 Å². The van der Waals surface area contributed by atoms with E-state index < -0.39 is 11.4 Å². The largest absolute Gasteiger partial charge is 0.346 e. The zero-order chi connectivity index (χ0) is 15.8. The molecule has 0 atom stereocenters. The number of aromatic nitrogens is 3. The van der Waals surface area contributed by atoms with Gasteiger partial charge in [0, 0.05) is 0 Å². The van der Waals surface area contributed by atoms with Crippen molar-refractivity contribution in [2.24, 2.45) is 0 Å². The first-order valence-corrected chi connectivity index (χ1v) is 6.59. The highest BCUT2D eigenvalue weighted by Crippen LogP contribution is 2.13. The third-order valence-electron chi connectivity index (χ3n) is 3.17. The van der Waals surface area contributed by atoms with E-state index in [-0.39, 0.29) is 17.8 Å². The number of rotatable bonds is 2. The van der Waals surface area contributed by atoms with Gasteiger partial charge < -0.3 is 0 Å². The average Bonchev–Trinajstić information content (AvgIpc) is 2.68. The minimum Gasteiger partial charge on any atom is -0.275 e. The van der Waals surface area contributed by atoms with Crippen LogP contribution in [-0.4, -0.2) is 14.3 Å². The van der Waals surface area contributed by atoms with Crippen LogP contribution in [0.2, 0.25) is 0 Å². The van der Waals surface area contributed by atoms with Gasteiger partial charge in [-0.2, -0.15) is 10.4 Å². The quantitative estimate of drug-likeness (QED) is 0.850. The van der Waals surface area contributed by atoms with Crippen molar-refractivity contribution in [3.8, 4) is 6.07 Å². The van der Waals surface area contributed by atoms with Crippen LogP contribution in [0.25, 0.3) is 0 Å². The van der Waals surface area contributed by atoms with Gasteiger partial charge in [-0.3, -0.25) is 4.57 Å². The molecule has 0 spiro atoms. The second-order valence-corrected chi connectivity index (χ2v) is 5.92. The molecule has 0 N–H and O–H groups in total. The number of halogens is 1. The van der Waals surface area contributed by atoms with E-state index in [0.717, 1.165) is 0 Å². The monoisotopic (exact) mass is 288 g/mol. The van der Waals surface area contributed by atoms with Crippen molar-refractivity contribution in [2.45, 2.75) is 39.8 Å². The Hall–Kier alpha value is -2.42. The summed E-state index contributed by atoms with van der Waals surface area (Å²) >= 11 is 0. The van der Waals surface area contributed by atoms with E-state index in [1.54, 1.807) is 19.1 Å². The maximum Gasteiger partial charge on any atom is 0.346 e. The topological polar surface area (TPSA) is 63.6 Å². The van der Waals surface area contributed by atoms with Gasteiger partial charge in [-0.05, 0) is 45.4 Å². The first-order chi connectivity index (χ1) is 9.74. The van der Waals surface area contributed by atoms with E-state index in [2.05, 4.69) is 5.10 Å². The van der Waals surface area contributed by atoms with Crippen LogP contribution in [0.1, 0.15) is 37.7 Å². The highest BCUT2D eigenvalue weighted by molar-refractivity contribution is 5.34. The average molecular weight is 288 g/mol. The molecule has 1 aromatic heterocycles. The molecule has 6 heteroatoms. The van der Waals surface area contributed by atoms with E-state index in [1.165, 1.54) is 21.4 Å². The number of hydrogen-bond acceptors (Lipinski definition) is 3. The van der Waals surface area contributed by atoms with Crippen molar-refractivity contribution in [3.05, 3.63) is 51.5 Å². The Morgan fingerprint density at radius 3 is 2.57 bits per heavy atom. The van der Waals surface area contributed by atoms with Gasteiger partial charge in [0.15, 0.2) is 0 Å². The van der Waals surface area contributed by atoms with Crippen LogP contribution in [-0.2, 0) is 12.1 Å². The minimum absolute atomic E-state index is 0.0265. The highest BCUT2D eigenvalue weighted by atomic mass is 19.1. The molecule has 0 bridgehead atoms. The molecule has 0 aliphatic rings. The summed E-state index contributed by atoms with van der Waals surface area (Å²) in [6.45, 7) is 7.71. The van der Waals surface area contributed by atoms with E-state index in [1.807, 2.05) is 20.8 Å². The maximum atomic E-state index is 13.3. The van der Waals surface area contributed by atoms with Crippen molar-refractivity contribution >= 4 is 0 Å². The summed E-state index contributed by atoms with van der Waals surface area (Å²) in [5.74, 6) is 0.0217. The molecule has 21 heavy (non-hydrogen) atoms. The standard InChI is InChI=1S/C15H17FN4O/c1-10-18-20(15(2,3)4)14(21)19(10)9-11-5-6-13(16)12(7-11)8-17/h5-7H,9H2,1-4H3. The van der Waals surface area contributed by atoms with Gasteiger partial charge in [0.2, 0.25) is 0 Å². The lowest BCUT2D eigenvalue weighted by molar-refractivity contribution is 0.340. The minimum atomic E-state index is -0.560. The van der Waals surface area contributed by atoms with Crippen LogP contribution >= 0.6 is 0 Å². The summed E-state index contributed by atoms with van der Waals surface area (Å²) in [5, 5.41) is 13.1. The molecule has 0 saturated carbocycles. The number of nitriles is 1. The molecule has 0 unspecified atom stereocenters. The highest BCUT2D eigenvalue weighted by Gasteiger charge is 2.21. The second kappa shape index (κ2) is 5.17. The SMILES string of the molecule is Cc1nn(C(C)(C)C)c(=O)n1Cc1ccc(F)c(C#N)c1. The Labute approximate surface area is 122 Å². The Morgan fingerprint density at radius 2 is 2.05 bits per heavy atom. The normalized spacial score (nSPS) is 11.4. The fourth-order valence-electron chi connectivity index (χ4n) is 2.05. The van der Waals surface area contributed by atoms with E-state index >= 15 is 0 Å². The molecule has 5 nitrogen and oxygen atoms in total. The van der Waals surface area contributed by atoms with Crippen LogP contribution < -0.4 is 5.69 Å².